The number of hydrogen-bond acceptors (Lipinski definition) is 5. The van der Waals surface area contributed by atoms with Crippen molar-refractivity contribution in [2.24, 2.45) is 0 Å². The zero-order chi connectivity index (χ0) is 12.3. The average molecular weight is 257 g/mol. The first-order chi connectivity index (χ1) is 8.08. The minimum absolute atomic E-state index is 0.122. The molecule has 0 aliphatic carbocycles. The molecular weight excluding hydrogens is 242 g/mol. The average Bonchev–Trinajstić information content (AvgIpc) is 2.30. The smallest absolute Gasteiger partial charge is 0.242 e. The van der Waals surface area contributed by atoms with Crippen molar-refractivity contribution >= 4 is 15.8 Å². The molecule has 2 rings (SSSR count). The van der Waals surface area contributed by atoms with Crippen molar-refractivity contribution in [3.8, 4) is 0 Å². The molecule has 0 radical (unpaired) electrons. The Morgan fingerprint density at radius 3 is 2.88 bits per heavy atom. The van der Waals surface area contributed by atoms with Crippen molar-refractivity contribution in [1.29, 1.82) is 0 Å². The first kappa shape index (κ1) is 12.3. The first-order valence-corrected chi connectivity index (χ1v) is 6.88. The Bertz CT molecular complexity index is 466. The summed E-state index contributed by atoms with van der Waals surface area (Å²) in [4.78, 5) is 3.89. The van der Waals surface area contributed by atoms with Crippen LogP contribution in [0.2, 0.25) is 0 Å². The lowest BCUT2D eigenvalue weighted by Gasteiger charge is -2.22. The number of nitrogens with one attached hydrogen (secondary N) is 1. The standard InChI is InChI=1S/C10H15N3O3S/c11-10-4-3-9(6-12-10)17(14,15)13-8-2-1-5-16-7-8/h3-4,6,8,13H,1-2,5,7H2,(H2,11,12). The van der Waals surface area contributed by atoms with E-state index in [1.807, 2.05) is 0 Å². The highest BCUT2D eigenvalue weighted by molar-refractivity contribution is 7.89. The summed E-state index contributed by atoms with van der Waals surface area (Å²) >= 11 is 0. The number of rotatable bonds is 3. The van der Waals surface area contributed by atoms with Crippen molar-refractivity contribution in [2.75, 3.05) is 18.9 Å². The number of aromatic nitrogens is 1. The van der Waals surface area contributed by atoms with E-state index in [0.29, 0.717) is 19.0 Å². The van der Waals surface area contributed by atoms with Gasteiger partial charge in [0.2, 0.25) is 10.0 Å². The zero-order valence-corrected chi connectivity index (χ0v) is 10.1. The maximum atomic E-state index is 12.0. The maximum Gasteiger partial charge on any atom is 0.242 e. The lowest BCUT2D eigenvalue weighted by molar-refractivity contribution is 0.0774. The second-order valence-electron chi connectivity index (χ2n) is 3.95. The Hall–Kier alpha value is -1.18. The van der Waals surface area contributed by atoms with Crippen LogP contribution in [0.1, 0.15) is 12.8 Å². The summed E-state index contributed by atoms with van der Waals surface area (Å²) in [6, 6.07) is 2.74. The lowest BCUT2D eigenvalue weighted by Crippen LogP contribution is -2.40. The van der Waals surface area contributed by atoms with Gasteiger partial charge in [-0.3, -0.25) is 0 Å². The number of sulfonamides is 1. The van der Waals surface area contributed by atoms with Crippen LogP contribution in [-0.4, -0.2) is 32.7 Å². The van der Waals surface area contributed by atoms with Crippen molar-refractivity contribution in [2.45, 2.75) is 23.8 Å². The van der Waals surface area contributed by atoms with Crippen molar-refractivity contribution in [3.05, 3.63) is 18.3 Å². The van der Waals surface area contributed by atoms with Gasteiger partial charge in [-0.15, -0.1) is 0 Å². The topological polar surface area (TPSA) is 94.3 Å². The first-order valence-electron chi connectivity index (χ1n) is 5.39. The van der Waals surface area contributed by atoms with Crippen LogP contribution in [0.3, 0.4) is 0 Å². The molecule has 1 saturated heterocycles. The van der Waals surface area contributed by atoms with Gasteiger partial charge in [0.15, 0.2) is 0 Å². The molecule has 1 aliphatic heterocycles. The van der Waals surface area contributed by atoms with Crippen LogP contribution in [0.4, 0.5) is 5.82 Å². The van der Waals surface area contributed by atoms with E-state index < -0.39 is 10.0 Å². The maximum absolute atomic E-state index is 12.0. The van der Waals surface area contributed by atoms with Gasteiger partial charge in [-0.25, -0.2) is 18.1 Å². The largest absolute Gasteiger partial charge is 0.384 e. The number of ether oxygens (including phenoxy) is 1. The van der Waals surface area contributed by atoms with Crippen LogP contribution in [0.5, 0.6) is 0 Å². The highest BCUT2D eigenvalue weighted by Gasteiger charge is 2.22. The van der Waals surface area contributed by atoms with Crippen LogP contribution < -0.4 is 10.5 Å². The molecule has 1 unspecified atom stereocenters. The van der Waals surface area contributed by atoms with Crippen LogP contribution in [0.15, 0.2) is 23.2 Å². The second kappa shape index (κ2) is 4.99. The molecule has 0 spiro atoms. The summed E-state index contributed by atoms with van der Waals surface area (Å²) in [6.45, 7) is 1.11. The fourth-order valence-corrected chi connectivity index (χ4v) is 2.87. The fourth-order valence-electron chi connectivity index (χ4n) is 1.67. The molecule has 2 heterocycles. The molecule has 1 aliphatic rings. The van der Waals surface area contributed by atoms with Crippen molar-refractivity contribution in [3.63, 3.8) is 0 Å². The molecule has 17 heavy (non-hydrogen) atoms. The summed E-state index contributed by atoms with van der Waals surface area (Å²) in [5.74, 6) is 0.296. The van der Waals surface area contributed by atoms with E-state index in [-0.39, 0.29) is 10.9 Å². The van der Waals surface area contributed by atoms with E-state index in [9.17, 15) is 8.42 Å². The molecule has 1 fully saturated rings. The number of pyridine rings is 1. The molecule has 0 saturated carbocycles. The van der Waals surface area contributed by atoms with Gasteiger partial charge in [-0.1, -0.05) is 0 Å². The van der Waals surface area contributed by atoms with E-state index in [4.69, 9.17) is 10.5 Å². The molecule has 6 nitrogen and oxygen atoms in total. The van der Waals surface area contributed by atoms with E-state index in [2.05, 4.69) is 9.71 Å². The monoisotopic (exact) mass is 257 g/mol. The third-order valence-corrected chi connectivity index (χ3v) is 4.06. The molecule has 1 aromatic rings. The molecule has 94 valence electrons. The molecule has 1 atom stereocenters. The molecule has 3 N–H and O–H groups in total. The molecule has 0 aromatic carbocycles. The van der Waals surface area contributed by atoms with Crippen molar-refractivity contribution in [1.82, 2.24) is 9.71 Å². The Kier molecular flexibility index (Phi) is 3.60. The normalized spacial score (nSPS) is 21.3. The third-order valence-electron chi connectivity index (χ3n) is 2.55. The summed E-state index contributed by atoms with van der Waals surface area (Å²) < 4.78 is 31.7. The Morgan fingerprint density at radius 1 is 1.47 bits per heavy atom. The quantitative estimate of drug-likeness (QED) is 0.802. The lowest BCUT2D eigenvalue weighted by atomic mass is 10.1. The summed E-state index contributed by atoms with van der Waals surface area (Å²) in [7, 11) is -3.52. The number of nitrogens with two attached hydrogens (primary N) is 1. The molecule has 7 heteroatoms. The van der Waals surface area contributed by atoms with Crippen LogP contribution in [0.25, 0.3) is 0 Å². The predicted octanol–water partition coefficient (Wildman–Crippen LogP) is 0.121. The highest BCUT2D eigenvalue weighted by Crippen LogP contribution is 2.12. The summed E-state index contributed by atoms with van der Waals surface area (Å²) in [5.41, 5.74) is 5.41. The number of nitrogen functional groups attached to an aromatic ring is 1. The van der Waals surface area contributed by atoms with E-state index in [0.717, 1.165) is 12.8 Å². The van der Waals surface area contributed by atoms with Gasteiger partial charge in [0.05, 0.1) is 6.61 Å². The van der Waals surface area contributed by atoms with Gasteiger partial charge in [0.25, 0.3) is 0 Å². The Balaban J connectivity index is 2.10. The minimum atomic E-state index is -3.52. The molecule has 0 bridgehead atoms. The van der Waals surface area contributed by atoms with Gasteiger partial charge in [0, 0.05) is 18.8 Å². The van der Waals surface area contributed by atoms with Crippen LogP contribution >= 0.6 is 0 Å². The van der Waals surface area contributed by atoms with Crippen LogP contribution in [0, 0.1) is 0 Å². The fraction of sp³-hybridized carbons (Fsp3) is 0.500. The predicted molar refractivity (Wildman–Crippen MR) is 62.8 cm³/mol. The van der Waals surface area contributed by atoms with Crippen molar-refractivity contribution < 1.29 is 13.2 Å². The summed E-state index contributed by atoms with van der Waals surface area (Å²) in [6.07, 6.45) is 2.91. The van der Waals surface area contributed by atoms with Gasteiger partial charge >= 0.3 is 0 Å². The molecular formula is C10H15N3O3S. The van der Waals surface area contributed by atoms with Crippen LogP contribution in [-0.2, 0) is 14.8 Å². The zero-order valence-electron chi connectivity index (χ0n) is 9.30. The minimum Gasteiger partial charge on any atom is -0.384 e. The Morgan fingerprint density at radius 2 is 2.29 bits per heavy atom. The number of anilines is 1. The van der Waals surface area contributed by atoms with Gasteiger partial charge < -0.3 is 10.5 Å². The molecule has 0 amide bonds. The SMILES string of the molecule is Nc1ccc(S(=O)(=O)NC2CCCOC2)cn1. The van der Waals surface area contributed by atoms with E-state index >= 15 is 0 Å². The second-order valence-corrected chi connectivity index (χ2v) is 5.67. The summed E-state index contributed by atoms with van der Waals surface area (Å²) in [5, 5.41) is 0. The highest BCUT2D eigenvalue weighted by atomic mass is 32.2. The third kappa shape index (κ3) is 3.15. The Labute approximate surface area is 100 Å². The van der Waals surface area contributed by atoms with E-state index in [1.165, 1.54) is 18.3 Å². The molecule has 1 aromatic heterocycles. The van der Waals surface area contributed by atoms with Gasteiger partial charge in [-0.2, -0.15) is 0 Å². The number of nitrogens with zero attached hydrogens (tertiary/aromatic N) is 1. The number of hydrogen-bond donors (Lipinski definition) is 2. The van der Waals surface area contributed by atoms with Gasteiger partial charge in [-0.05, 0) is 25.0 Å². The van der Waals surface area contributed by atoms with E-state index in [1.54, 1.807) is 0 Å². The van der Waals surface area contributed by atoms with Gasteiger partial charge in [0.1, 0.15) is 10.7 Å².